The van der Waals surface area contributed by atoms with E-state index in [0.29, 0.717) is 61.6 Å². The average molecular weight is 779 g/mol. The molecule has 4 amide bonds. The summed E-state index contributed by atoms with van der Waals surface area (Å²) >= 11 is 4.69. The molecule has 55 heavy (non-hydrogen) atoms. The third-order valence-corrected chi connectivity index (χ3v) is 10.5. The number of hydrogen-bond donors (Lipinski definition) is 4. The van der Waals surface area contributed by atoms with Crippen molar-refractivity contribution in [1.29, 1.82) is 5.26 Å². The van der Waals surface area contributed by atoms with Crippen LogP contribution in [0.1, 0.15) is 63.3 Å². The van der Waals surface area contributed by atoms with Gasteiger partial charge in [0.1, 0.15) is 29.5 Å². The first-order chi connectivity index (χ1) is 26.1. The van der Waals surface area contributed by atoms with Crippen LogP contribution < -0.4 is 30.5 Å². The number of likely N-dealkylation sites (tertiary alicyclic amines) is 1. The maximum atomic E-state index is 13.7. The summed E-state index contributed by atoms with van der Waals surface area (Å²) in [6.07, 6.45) is -1.26. The minimum atomic E-state index is -4.84. The van der Waals surface area contributed by atoms with Crippen LogP contribution in [0.5, 0.6) is 5.75 Å². The van der Waals surface area contributed by atoms with E-state index < -0.39 is 40.4 Å². The van der Waals surface area contributed by atoms with Gasteiger partial charge in [0.2, 0.25) is 17.7 Å². The highest BCUT2D eigenvalue weighted by Gasteiger charge is 2.52. The number of amides is 4. The van der Waals surface area contributed by atoms with E-state index in [1.54, 1.807) is 49.1 Å². The number of thiol groups is 1. The van der Waals surface area contributed by atoms with Gasteiger partial charge in [-0.05, 0) is 87.6 Å². The zero-order valence-electron chi connectivity index (χ0n) is 30.4. The number of carbonyl (C=O) groups excluding carboxylic acids is 4. The monoisotopic (exact) mass is 778 g/mol. The zero-order valence-corrected chi connectivity index (χ0v) is 31.3. The molecule has 0 spiro atoms. The first-order valence-corrected chi connectivity index (χ1v) is 18.4. The molecule has 4 heterocycles. The Kier molecular flexibility index (Phi) is 11.3. The lowest BCUT2D eigenvalue weighted by Crippen LogP contribution is -2.47. The average Bonchev–Trinajstić information content (AvgIpc) is 3.31. The molecule has 3 aliphatic rings. The molecule has 0 saturated carbocycles. The van der Waals surface area contributed by atoms with Crippen LogP contribution in [0.3, 0.4) is 0 Å². The molecule has 2 aromatic carbocycles. The van der Waals surface area contributed by atoms with Crippen molar-refractivity contribution < 1.29 is 37.1 Å². The summed E-state index contributed by atoms with van der Waals surface area (Å²) in [7, 11) is 0. The third kappa shape index (κ3) is 8.50. The van der Waals surface area contributed by atoms with E-state index >= 15 is 0 Å². The number of imide groups is 1. The van der Waals surface area contributed by atoms with Crippen molar-refractivity contribution in [3.63, 3.8) is 0 Å². The second kappa shape index (κ2) is 15.8. The van der Waals surface area contributed by atoms with Gasteiger partial charge in [-0.25, -0.2) is 4.98 Å². The van der Waals surface area contributed by atoms with Crippen LogP contribution in [0.15, 0.2) is 54.7 Å². The summed E-state index contributed by atoms with van der Waals surface area (Å²) < 4.78 is 47.7. The Bertz CT molecular complexity index is 2030. The molecule has 3 aromatic rings. The molecule has 17 heteroatoms. The van der Waals surface area contributed by atoms with Crippen LogP contribution >= 0.6 is 12.6 Å². The Morgan fingerprint density at radius 2 is 1.80 bits per heavy atom. The highest BCUT2D eigenvalue weighted by Crippen LogP contribution is 2.43. The van der Waals surface area contributed by atoms with Crippen LogP contribution in [-0.4, -0.2) is 76.3 Å². The summed E-state index contributed by atoms with van der Waals surface area (Å²) in [4.78, 5) is 58.8. The van der Waals surface area contributed by atoms with Gasteiger partial charge in [-0.2, -0.15) is 18.4 Å². The maximum absolute atomic E-state index is 13.7. The lowest BCUT2D eigenvalue weighted by molar-refractivity contribution is -0.138. The Morgan fingerprint density at radius 1 is 1.07 bits per heavy atom. The lowest BCUT2D eigenvalue weighted by Gasteiger charge is -2.34. The number of hydrogen-bond acceptors (Lipinski definition) is 11. The minimum Gasteiger partial charge on any atom is -0.490 e. The number of carbonyl (C=O) groups is 4. The maximum Gasteiger partial charge on any atom is 0.419 e. The van der Waals surface area contributed by atoms with E-state index in [-0.39, 0.29) is 42.5 Å². The van der Waals surface area contributed by atoms with Crippen molar-refractivity contribution in [3.05, 3.63) is 71.5 Å². The number of piperidine rings is 2. The SMILES string of the molecule is CCc1cc(N2C(S)N(c3cnc(C#N)c(C(F)(F)F)c3)C(=O)C2(C)C)ccc1OC1CCN(CC(=O)Nc2cccc(NC3CCC(=O)NC3=O)c2)CC1. The number of alkyl halides is 3. The standard InChI is InChI=1S/C38H41F3N8O5S/c1-4-22-16-25(49-36(55)48(35(53)37(49,2)3)26-18-28(38(39,40)41)30(19-42)43-20-26)8-10-31(22)54-27-12-14-47(15-13-27)21-33(51)45-24-7-5-6-23(17-24)44-29-9-11-32(50)46-34(29)52/h5-8,10,16-18,20,27,29,36,44,55H,4,9,11-15,21H2,1-3H3,(H,45,51)(H,46,50,52). The van der Waals surface area contributed by atoms with Crippen molar-refractivity contribution >= 4 is 59.0 Å². The van der Waals surface area contributed by atoms with Crippen molar-refractivity contribution in [3.8, 4) is 11.8 Å². The second-order valence-corrected chi connectivity index (χ2v) is 14.6. The van der Waals surface area contributed by atoms with Gasteiger partial charge in [-0.3, -0.25) is 34.3 Å². The molecule has 2 unspecified atom stereocenters. The Labute approximate surface area is 321 Å². The topological polar surface area (TPSA) is 160 Å². The van der Waals surface area contributed by atoms with Gasteiger partial charge in [-0.15, -0.1) is 12.6 Å². The number of rotatable bonds is 10. The molecule has 3 N–H and O–H groups in total. The highest BCUT2D eigenvalue weighted by molar-refractivity contribution is 7.81. The number of benzene rings is 2. The van der Waals surface area contributed by atoms with Gasteiger partial charge in [0, 0.05) is 36.6 Å². The van der Waals surface area contributed by atoms with Crippen molar-refractivity contribution in [1.82, 2.24) is 15.2 Å². The highest BCUT2D eigenvalue weighted by atomic mass is 32.1. The van der Waals surface area contributed by atoms with E-state index in [1.165, 1.54) is 6.07 Å². The number of aryl methyl sites for hydroxylation is 1. The van der Waals surface area contributed by atoms with E-state index in [9.17, 15) is 37.6 Å². The lowest BCUT2D eigenvalue weighted by atomic mass is 10.0. The quantitative estimate of drug-likeness (QED) is 0.162. The molecule has 3 aliphatic heterocycles. The number of pyridine rings is 1. The second-order valence-electron chi connectivity index (χ2n) is 14.2. The number of nitrogens with zero attached hydrogens (tertiary/aromatic N) is 5. The Balaban J connectivity index is 1.05. The summed E-state index contributed by atoms with van der Waals surface area (Å²) in [6, 6.07) is 14.3. The van der Waals surface area contributed by atoms with Crippen molar-refractivity contribution in [2.75, 3.05) is 40.1 Å². The number of ether oxygens (including phenoxy) is 1. The fourth-order valence-electron chi connectivity index (χ4n) is 7.10. The third-order valence-electron chi connectivity index (χ3n) is 9.99. The smallest absolute Gasteiger partial charge is 0.419 e. The van der Waals surface area contributed by atoms with Crippen molar-refractivity contribution in [2.45, 2.75) is 82.2 Å². The first kappa shape index (κ1) is 39.4. The summed E-state index contributed by atoms with van der Waals surface area (Å²) in [5.74, 6) is -0.654. The van der Waals surface area contributed by atoms with Crippen LogP contribution in [-0.2, 0) is 31.8 Å². The molecular weight excluding hydrogens is 738 g/mol. The van der Waals surface area contributed by atoms with Crippen LogP contribution in [0.25, 0.3) is 0 Å². The molecule has 0 radical (unpaired) electrons. The van der Waals surface area contributed by atoms with Gasteiger partial charge < -0.3 is 20.3 Å². The zero-order chi connectivity index (χ0) is 39.7. The van der Waals surface area contributed by atoms with Crippen LogP contribution in [0.4, 0.5) is 35.9 Å². The number of aromatic nitrogens is 1. The Hall–Kier alpha value is -5.34. The van der Waals surface area contributed by atoms with Gasteiger partial charge in [-0.1, -0.05) is 13.0 Å². The minimum absolute atomic E-state index is 0.102. The number of nitrogens with one attached hydrogen (secondary N) is 3. The summed E-state index contributed by atoms with van der Waals surface area (Å²) in [5.41, 5.74) is -1.58. The molecule has 3 fully saturated rings. The molecule has 3 saturated heterocycles. The summed E-state index contributed by atoms with van der Waals surface area (Å²) in [6.45, 7) is 6.77. The predicted molar refractivity (Wildman–Crippen MR) is 202 cm³/mol. The van der Waals surface area contributed by atoms with Crippen LogP contribution in [0, 0.1) is 11.3 Å². The molecule has 2 atom stereocenters. The molecule has 0 aliphatic carbocycles. The molecular formula is C38H41F3N8O5S. The number of anilines is 4. The molecule has 290 valence electrons. The normalized spacial score (nSPS) is 20.6. The predicted octanol–water partition coefficient (Wildman–Crippen LogP) is 5.08. The van der Waals surface area contributed by atoms with Crippen LogP contribution in [0.2, 0.25) is 0 Å². The van der Waals surface area contributed by atoms with Gasteiger partial charge >= 0.3 is 6.18 Å². The van der Waals surface area contributed by atoms with Gasteiger partial charge in [0.05, 0.1) is 24.0 Å². The molecule has 1 aromatic heterocycles. The first-order valence-electron chi connectivity index (χ1n) is 17.9. The molecule has 13 nitrogen and oxygen atoms in total. The van der Waals surface area contributed by atoms with Crippen molar-refractivity contribution in [2.24, 2.45) is 0 Å². The molecule has 0 bridgehead atoms. The van der Waals surface area contributed by atoms with E-state index in [0.717, 1.165) is 22.7 Å². The van der Waals surface area contributed by atoms with E-state index in [4.69, 9.17) is 4.74 Å². The largest absolute Gasteiger partial charge is 0.490 e. The fourth-order valence-corrected chi connectivity index (χ4v) is 7.76. The number of nitriles is 1. The number of halogens is 3. The van der Waals surface area contributed by atoms with E-state index in [1.807, 2.05) is 19.1 Å². The summed E-state index contributed by atoms with van der Waals surface area (Å²) in [5, 5.41) is 17.5. The molecule has 6 rings (SSSR count). The Morgan fingerprint density at radius 3 is 2.47 bits per heavy atom. The van der Waals surface area contributed by atoms with Gasteiger partial charge in [0.25, 0.3) is 5.91 Å². The van der Waals surface area contributed by atoms with Gasteiger partial charge in [0.15, 0.2) is 11.2 Å². The van der Waals surface area contributed by atoms with E-state index in [2.05, 4.69) is 38.5 Å². The fraction of sp³-hybridized carbons (Fsp3) is 0.421.